The first-order chi connectivity index (χ1) is 4.84. The van der Waals surface area contributed by atoms with E-state index in [1.54, 1.807) is 0 Å². The molecular weight excluding hydrogens is 141 g/mol. The van der Waals surface area contributed by atoms with Gasteiger partial charge in [0, 0.05) is 0 Å². The fourth-order valence-corrected chi connectivity index (χ4v) is 1.80. The lowest BCUT2D eigenvalue weighted by Gasteiger charge is -1.94. The van der Waals surface area contributed by atoms with Crippen LogP contribution in [0.2, 0.25) is 0 Å². The summed E-state index contributed by atoms with van der Waals surface area (Å²) in [7, 11) is 0.529. The van der Waals surface area contributed by atoms with Crippen LogP contribution in [-0.4, -0.2) is 0 Å². The molecule has 0 aromatic carbocycles. The van der Waals surface area contributed by atoms with Gasteiger partial charge in [-0.15, -0.1) is 13.9 Å². The van der Waals surface area contributed by atoms with Crippen molar-refractivity contribution >= 4 is 13.6 Å². The molecule has 0 saturated carbocycles. The smallest absolute Gasteiger partial charge is 0.104 e. The summed E-state index contributed by atoms with van der Waals surface area (Å²) in [6, 6.07) is 2.05. The first-order valence-corrected chi connectivity index (χ1v) is 4.77. The van der Waals surface area contributed by atoms with Gasteiger partial charge in [0.25, 0.3) is 0 Å². The summed E-state index contributed by atoms with van der Waals surface area (Å²) < 4.78 is 0. The summed E-state index contributed by atoms with van der Waals surface area (Å²) in [5, 5.41) is 0. The zero-order chi connectivity index (χ0) is 7.40. The van der Waals surface area contributed by atoms with Crippen LogP contribution in [0.3, 0.4) is 0 Å². The third-order valence-electron chi connectivity index (χ3n) is 1.61. The van der Waals surface area contributed by atoms with Gasteiger partial charge in [-0.1, -0.05) is 19.4 Å². The number of hydrogen-bond donors (Lipinski definition) is 0. The number of hydrogen-bond acceptors (Lipinski definition) is 0. The van der Waals surface area contributed by atoms with Crippen LogP contribution < -0.4 is 5.73 Å². The molecule has 1 unspecified atom stereocenters. The molecule has 1 atom stereocenters. The molecule has 0 amide bonds. The van der Waals surface area contributed by atoms with Gasteiger partial charge in [0.05, 0.1) is 0 Å². The van der Waals surface area contributed by atoms with Crippen molar-refractivity contribution in [2.45, 2.75) is 26.2 Å². The maximum Gasteiger partial charge on any atom is 0.104 e. The quantitative estimate of drug-likeness (QED) is 0.637. The second-order valence-corrected chi connectivity index (χ2v) is 3.55. The van der Waals surface area contributed by atoms with Gasteiger partial charge in [0.1, 0.15) is 5.42 Å². The van der Waals surface area contributed by atoms with Crippen molar-refractivity contribution in [1.29, 1.82) is 0 Å². The molecule has 1 rings (SSSR count). The molecule has 1 aromatic heterocycles. The number of unbranched alkanes of at least 4 members (excludes halogenated alkanes) is 1. The normalized spacial score (nSPS) is 10.9. The van der Waals surface area contributed by atoms with Gasteiger partial charge in [-0.3, -0.25) is 0 Å². The molecule has 0 aliphatic carbocycles. The Labute approximate surface area is 63.7 Å². The van der Waals surface area contributed by atoms with Crippen LogP contribution in [0.25, 0.3) is 0 Å². The largest absolute Gasteiger partial charge is 0.146 e. The van der Waals surface area contributed by atoms with Gasteiger partial charge in [0.2, 0.25) is 0 Å². The molecule has 0 aliphatic rings. The Kier molecular flexibility index (Phi) is 2.82. The topological polar surface area (TPSA) is 22.3 Å². The zero-order valence-electron chi connectivity index (χ0n) is 6.22. The molecule has 0 aliphatic heterocycles. The molecule has 2 radical (unpaired) electrons. The summed E-state index contributed by atoms with van der Waals surface area (Å²) in [5.41, 5.74) is 11.0. The van der Waals surface area contributed by atoms with Crippen molar-refractivity contribution in [3.05, 3.63) is 17.4 Å². The Balaban J connectivity index is 2.49. The highest BCUT2D eigenvalue weighted by Crippen LogP contribution is 2.26. The number of aryl methyl sites for hydroxylation is 1. The third kappa shape index (κ3) is 1.78. The van der Waals surface area contributed by atoms with Gasteiger partial charge in [0.15, 0.2) is 0 Å². The van der Waals surface area contributed by atoms with Gasteiger partial charge < -0.3 is 0 Å². The molecule has 1 aromatic rings. The van der Waals surface area contributed by atoms with Crippen LogP contribution in [0, 0.1) is 0 Å². The maximum atomic E-state index is 9.25. The van der Waals surface area contributed by atoms with E-state index in [1.165, 1.54) is 12.8 Å². The van der Waals surface area contributed by atoms with Crippen molar-refractivity contribution in [1.82, 2.24) is 5.73 Å². The van der Waals surface area contributed by atoms with E-state index in [0.29, 0.717) is 13.6 Å². The molecule has 54 valence electrons. The van der Waals surface area contributed by atoms with E-state index < -0.39 is 0 Å². The molecule has 0 bridgehead atoms. The number of nitrogens with zero attached hydrogens (tertiary/aromatic N) is 1. The molecule has 0 fully saturated rings. The first-order valence-electron chi connectivity index (χ1n) is 3.69. The van der Waals surface area contributed by atoms with Crippen molar-refractivity contribution in [2.24, 2.45) is 0 Å². The molecule has 0 saturated heterocycles. The summed E-state index contributed by atoms with van der Waals surface area (Å²) in [6.45, 7) is 2.17. The van der Waals surface area contributed by atoms with Crippen molar-refractivity contribution in [2.75, 3.05) is 0 Å². The van der Waals surface area contributed by atoms with Gasteiger partial charge in [-0.2, -0.15) is 0 Å². The lowest BCUT2D eigenvalue weighted by atomic mass is 10.1. The van der Waals surface area contributed by atoms with Crippen LogP contribution in [0.5, 0.6) is 0 Å². The van der Waals surface area contributed by atoms with E-state index in [4.69, 9.17) is 0 Å². The molecular formula is C8H12NP. The van der Waals surface area contributed by atoms with Gasteiger partial charge in [-0.25, -0.2) is 0 Å². The summed E-state index contributed by atoms with van der Waals surface area (Å²) in [4.78, 5) is 0. The SMILES string of the molecule is CCCCc1cc[pH]c1[N]. The van der Waals surface area contributed by atoms with E-state index in [9.17, 15) is 5.73 Å². The van der Waals surface area contributed by atoms with Crippen molar-refractivity contribution in [3.8, 4) is 0 Å². The lowest BCUT2D eigenvalue weighted by molar-refractivity contribution is 0.797. The Morgan fingerprint density at radius 3 is 2.90 bits per heavy atom. The zero-order valence-corrected chi connectivity index (χ0v) is 7.22. The molecule has 2 heteroatoms. The lowest BCUT2D eigenvalue weighted by Crippen LogP contribution is -1.80. The molecule has 10 heavy (non-hydrogen) atoms. The Morgan fingerprint density at radius 1 is 1.60 bits per heavy atom. The summed E-state index contributed by atoms with van der Waals surface area (Å²) in [6.07, 6.45) is 3.44. The highest BCUT2D eigenvalue weighted by Gasteiger charge is 1.98. The summed E-state index contributed by atoms with van der Waals surface area (Å²) >= 11 is 0. The van der Waals surface area contributed by atoms with Crippen LogP contribution in [0.15, 0.2) is 11.9 Å². The van der Waals surface area contributed by atoms with Crippen molar-refractivity contribution < 1.29 is 0 Å². The maximum absolute atomic E-state index is 9.25. The first kappa shape index (κ1) is 7.68. The molecule has 0 spiro atoms. The second-order valence-electron chi connectivity index (χ2n) is 2.46. The molecule has 1 heterocycles. The number of rotatable bonds is 3. The Hall–Kier alpha value is -0.420. The van der Waals surface area contributed by atoms with Crippen LogP contribution >= 0.6 is 8.19 Å². The van der Waals surface area contributed by atoms with E-state index in [2.05, 4.69) is 6.92 Å². The van der Waals surface area contributed by atoms with Crippen LogP contribution in [0.4, 0.5) is 5.42 Å². The van der Waals surface area contributed by atoms with Gasteiger partial charge >= 0.3 is 0 Å². The second kappa shape index (κ2) is 3.68. The van der Waals surface area contributed by atoms with E-state index in [0.717, 1.165) is 12.0 Å². The van der Waals surface area contributed by atoms with Gasteiger partial charge in [-0.05, 0) is 24.2 Å². The fraction of sp³-hybridized carbons (Fsp3) is 0.500. The third-order valence-corrected chi connectivity index (χ3v) is 2.54. The Bertz CT molecular complexity index is 193. The van der Waals surface area contributed by atoms with E-state index >= 15 is 0 Å². The molecule has 0 N–H and O–H groups in total. The predicted molar refractivity (Wildman–Crippen MR) is 46.3 cm³/mol. The minimum atomic E-state index is 0.529. The van der Waals surface area contributed by atoms with Crippen molar-refractivity contribution in [3.63, 3.8) is 0 Å². The van der Waals surface area contributed by atoms with E-state index in [-0.39, 0.29) is 0 Å². The Morgan fingerprint density at radius 2 is 2.40 bits per heavy atom. The molecule has 1 nitrogen and oxygen atoms in total. The minimum Gasteiger partial charge on any atom is -0.146 e. The standard InChI is InChI=1S/C8H12NP/c1-2-3-4-7-5-6-10-8(7)9/h5-6,10H,2-4H2,1H3. The van der Waals surface area contributed by atoms with E-state index in [1.807, 2.05) is 11.9 Å². The van der Waals surface area contributed by atoms with Crippen LogP contribution in [-0.2, 0) is 6.42 Å². The predicted octanol–water partition coefficient (Wildman–Crippen LogP) is 2.76. The summed E-state index contributed by atoms with van der Waals surface area (Å²) in [5.74, 6) is 2.04. The monoisotopic (exact) mass is 153 g/mol. The highest BCUT2D eigenvalue weighted by atomic mass is 31.0. The average molecular weight is 153 g/mol. The average Bonchev–Trinajstić information content (AvgIpc) is 2.31. The van der Waals surface area contributed by atoms with Crippen LogP contribution in [0.1, 0.15) is 25.3 Å². The fourth-order valence-electron chi connectivity index (χ4n) is 0.962. The minimum absolute atomic E-state index is 0.529. The highest BCUT2D eigenvalue weighted by molar-refractivity contribution is 7.33.